The molecule has 0 aliphatic heterocycles. The molecule has 3 aromatic rings. The van der Waals surface area contributed by atoms with Crippen LogP contribution in [-0.2, 0) is 29.0 Å². The number of rotatable bonds is 13. The van der Waals surface area contributed by atoms with Crippen molar-refractivity contribution in [2.75, 3.05) is 20.3 Å². The summed E-state index contributed by atoms with van der Waals surface area (Å²) in [6, 6.07) is 23.0. The van der Waals surface area contributed by atoms with Crippen molar-refractivity contribution < 1.29 is 19.1 Å². The van der Waals surface area contributed by atoms with Crippen LogP contribution in [0.15, 0.2) is 72.8 Å². The molecule has 0 saturated heterocycles. The fraction of sp³-hybridized carbons (Fsp3) is 0.355. The van der Waals surface area contributed by atoms with Crippen molar-refractivity contribution in [2.24, 2.45) is 0 Å². The van der Waals surface area contributed by atoms with Crippen LogP contribution in [0.25, 0.3) is 0 Å². The van der Waals surface area contributed by atoms with Crippen molar-refractivity contribution in [3.8, 4) is 11.5 Å². The molecule has 2 amide bonds. The molecule has 0 heterocycles. The van der Waals surface area contributed by atoms with E-state index in [1.165, 1.54) is 0 Å². The van der Waals surface area contributed by atoms with Crippen LogP contribution in [-0.4, -0.2) is 43.0 Å². The standard InChI is InChI=1S/C31H38N2O4/c1-5-36-28-18-16-25(21-29(28)37-6-2)17-19-30(34)33(22-26-15-11-10-12-23(26)3)27(31(35)32-4)20-24-13-8-7-9-14-24/h7-16,18,21,27H,5-6,17,19-20,22H2,1-4H3,(H,32,35)/t27-/m0/s1. The first-order valence-electron chi connectivity index (χ1n) is 12.9. The van der Waals surface area contributed by atoms with E-state index in [1.807, 2.05) is 93.6 Å². The van der Waals surface area contributed by atoms with Crippen LogP contribution in [0.5, 0.6) is 11.5 Å². The molecule has 196 valence electrons. The van der Waals surface area contributed by atoms with Crippen LogP contribution in [0.3, 0.4) is 0 Å². The van der Waals surface area contributed by atoms with Gasteiger partial charge in [-0.05, 0) is 61.6 Å². The maximum Gasteiger partial charge on any atom is 0.242 e. The summed E-state index contributed by atoms with van der Waals surface area (Å²) in [5.74, 6) is 1.13. The van der Waals surface area contributed by atoms with E-state index >= 15 is 0 Å². The average Bonchev–Trinajstić information content (AvgIpc) is 2.92. The molecule has 0 aromatic heterocycles. The first-order valence-corrected chi connectivity index (χ1v) is 12.9. The highest BCUT2D eigenvalue weighted by atomic mass is 16.5. The van der Waals surface area contributed by atoms with Gasteiger partial charge in [0.05, 0.1) is 13.2 Å². The van der Waals surface area contributed by atoms with Crippen molar-refractivity contribution in [1.29, 1.82) is 0 Å². The predicted molar refractivity (Wildman–Crippen MR) is 147 cm³/mol. The molecule has 6 nitrogen and oxygen atoms in total. The molecule has 1 atom stereocenters. The van der Waals surface area contributed by atoms with Crippen molar-refractivity contribution in [3.05, 3.63) is 95.1 Å². The topological polar surface area (TPSA) is 67.9 Å². The van der Waals surface area contributed by atoms with Gasteiger partial charge in [-0.3, -0.25) is 9.59 Å². The van der Waals surface area contributed by atoms with E-state index in [0.29, 0.717) is 44.1 Å². The predicted octanol–water partition coefficient (Wildman–Crippen LogP) is 5.11. The summed E-state index contributed by atoms with van der Waals surface area (Å²) in [7, 11) is 1.62. The second kappa shape index (κ2) is 14.1. The van der Waals surface area contributed by atoms with Gasteiger partial charge in [-0.2, -0.15) is 0 Å². The van der Waals surface area contributed by atoms with Crippen molar-refractivity contribution >= 4 is 11.8 Å². The quantitative estimate of drug-likeness (QED) is 0.353. The lowest BCUT2D eigenvalue weighted by molar-refractivity contribution is -0.141. The first kappa shape index (κ1) is 27.8. The second-order valence-electron chi connectivity index (χ2n) is 8.92. The summed E-state index contributed by atoms with van der Waals surface area (Å²) in [4.78, 5) is 28.6. The zero-order valence-electron chi connectivity index (χ0n) is 22.3. The van der Waals surface area contributed by atoms with Crippen LogP contribution in [0.2, 0.25) is 0 Å². The number of likely N-dealkylation sites (N-methyl/N-ethyl adjacent to an activating group) is 1. The summed E-state index contributed by atoms with van der Waals surface area (Å²) in [6.45, 7) is 7.34. The van der Waals surface area contributed by atoms with Crippen LogP contribution in [0, 0.1) is 6.92 Å². The smallest absolute Gasteiger partial charge is 0.242 e. The summed E-state index contributed by atoms with van der Waals surface area (Å²) in [6.07, 6.45) is 1.24. The Morgan fingerprint density at radius 1 is 0.865 bits per heavy atom. The molecule has 37 heavy (non-hydrogen) atoms. The maximum absolute atomic E-state index is 13.8. The molecule has 3 aromatic carbocycles. The average molecular weight is 503 g/mol. The van der Waals surface area contributed by atoms with Crippen molar-refractivity contribution in [3.63, 3.8) is 0 Å². The zero-order valence-corrected chi connectivity index (χ0v) is 22.3. The SMILES string of the molecule is CCOc1ccc(CCC(=O)N(Cc2ccccc2C)[C@@H](Cc2ccccc2)C(=O)NC)cc1OCC. The number of carbonyl (C=O) groups is 2. The van der Waals surface area contributed by atoms with Crippen LogP contribution in [0.4, 0.5) is 0 Å². The van der Waals surface area contributed by atoms with Gasteiger partial charge in [0.15, 0.2) is 11.5 Å². The number of nitrogens with one attached hydrogen (secondary N) is 1. The van der Waals surface area contributed by atoms with E-state index in [0.717, 1.165) is 22.3 Å². The van der Waals surface area contributed by atoms with Gasteiger partial charge in [0.2, 0.25) is 11.8 Å². The van der Waals surface area contributed by atoms with Crippen LogP contribution < -0.4 is 14.8 Å². The monoisotopic (exact) mass is 502 g/mol. The Morgan fingerprint density at radius 2 is 1.54 bits per heavy atom. The summed E-state index contributed by atoms with van der Waals surface area (Å²) >= 11 is 0. The molecule has 0 spiro atoms. The minimum absolute atomic E-state index is 0.0698. The lowest BCUT2D eigenvalue weighted by Gasteiger charge is -2.31. The first-order chi connectivity index (χ1) is 18.0. The van der Waals surface area contributed by atoms with Gasteiger partial charge in [0.1, 0.15) is 6.04 Å². The molecule has 0 unspecified atom stereocenters. The Balaban J connectivity index is 1.87. The minimum atomic E-state index is -0.626. The molecule has 0 aliphatic carbocycles. The molecular weight excluding hydrogens is 464 g/mol. The maximum atomic E-state index is 13.8. The Morgan fingerprint density at radius 3 is 2.22 bits per heavy atom. The zero-order chi connectivity index (χ0) is 26.6. The summed E-state index contributed by atoms with van der Waals surface area (Å²) in [5, 5.41) is 2.77. The number of nitrogens with zero attached hydrogens (tertiary/aromatic N) is 1. The molecule has 0 radical (unpaired) electrons. The third-order valence-electron chi connectivity index (χ3n) is 6.35. The Bertz CT molecular complexity index is 1160. The summed E-state index contributed by atoms with van der Waals surface area (Å²) < 4.78 is 11.4. The fourth-order valence-corrected chi connectivity index (χ4v) is 4.34. The highest BCUT2D eigenvalue weighted by molar-refractivity contribution is 5.88. The Labute approximate surface area is 220 Å². The van der Waals surface area contributed by atoms with Crippen LogP contribution in [0.1, 0.15) is 42.5 Å². The van der Waals surface area contributed by atoms with Gasteiger partial charge >= 0.3 is 0 Å². The third kappa shape index (κ3) is 7.84. The van der Waals surface area contributed by atoms with Gasteiger partial charge in [-0.25, -0.2) is 0 Å². The number of hydrogen-bond acceptors (Lipinski definition) is 4. The van der Waals surface area contributed by atoms with Crippen molar-refractivity contribution in [1.82, 2.24) is 10.2 Å². The summed E-state index contributed by atoms with van der Waals surface area (Å²) in [5.41, 5.74) is 4.10. The number of hydrogen-bond donors (Lipinski definition) is 1. The normalized spacial score (nSPS) is 11.5. The molecule has 0 fully saturated rings. The largest absolute Gasteiger partial charge is 0.490 e. The number of carbonyl (C=O) groups excluding carboxylic acids is 2. The molecule has 0 bridgehead atoms. The highest BCUT2D eigenvalue weighted by Crippen LogP contribution is 2.29. The third-order valence-corrected chi connectivity index (χ3v) is 6.35. The number of ether oxygens (including phenoxy) is 2. The minimum Gasteiger partial charge on any atom is -0.490 e. The molecule has 0 aliphatic rings. The number of benzene rings is 3. The van der Waals surface area contributed by atoms with Gasteiger partial charge in [-0.1, -0.05) is 60.7 Å². The van der Waals surface area contributed by atoms with Gasteiger partial charge in [-0.15, -0.1) is 0 Å². The van der Waals surface area contributed by atoms with Gasteiger partial charge in [0.25, 0.3) is 0 Å². The second-order valence-corrected chi connectivity index (χ2v) is 8.92. The fourth-order valence-electron chi connectivity index (χ4n) is 4.34. The van der Waals surface area contributed by atoms with E-state index in [9.17, 15) is 9.59 Å². The molecule has 0 saturated carbocycles. The van der Waals surface area contributed by atoms with Crippen LogP contribution >= 0.6 is 0 Å². The lowest BCUT2D eigenvalue weighted by Crippen LogP contribution is -2.49. The molecular formula is C31H38N2O4. The van der Waals surface area contributed by atoms with E-state index < -0.39 is 6.04 Å². The lowest BCUT2D eigenvalue weighted by atomic mass is 10.0. The molecule has 6 heteroatoms. The van der Waals surface area contributed by atoms with Gasteiger partial charge in [0, 0.05) is 26.4 Å². The number of amides is 2. The molecule has 1 N–H and O–H groups in total. The van der Waals surface area contributed by atoms with E-state index in [4.69, 9.17) is 9.47 Å². The van der Waals surface area contributed by atoms with E-state index in [-0.39, 0.29) is 18.2 Å². The number of aryl methyl sites for hydroxylation is 2. The molecule has 3 rings (SSSR count). The highest BCUT2D eigenvalue weighted by Gasteiger charge is 2.30. The van der Waals surface area contributed by atoms with E-state index in [2.05, 4.69) is 5.32 Å². The Hall–Kier alpha value is -3.80. The van der Waals surface area contributed by atoms with Gasteiger partial charge < -0.3 is 19.7 Å². The van der Waals surface area contributed by atoms with Crippen molar-refractivity contribution in [2.45, 2.75) is 52.6 Å². The van der Waals surface area contributed by atoms with E-state index in [1.54, 1.807) is 11.9 Å². The Kier molecular flexibility index (Phi) is 10.6.